The highest BCUT2D eigenvalue weighted by atomic mass is 19.4. The third-order valence-electron chi connectivity index (χ3n) is 2.85. The van der Waals surface area contributed by atoms with Crippen LogP contribution in [0.2, 0.25) is 0 Å². The number of carboxylic acid groups (broad SMARTS) is 1. The van der Waals surface area contributed by atoms with E-state index in [2.05, 4.69) is 0 Å². The van der Waals surface area contributed by atoms with E-state index in [1.165, 1.54) is 12.1 Å². The van der Waals surface area contributed by atoms with Gasteiger partial charge >= 0.3 is 12.1 Å². The summed E-state index contributed by atoms with van der Waals surface area (Å²) in [6.45, 7) is 0. The summed E-state index contributed by atoms with van der Waals surface area (Å²) in [5.41, 5.74) is 1.05. The summed E-state index contributed by atoms with van der Waals surface area (Å²) in [4.78, 5) is 10.4. The number of hydrogen-bond donors (Lipinski definition) is 1. The van der Waals surface area contributed by atoms with Gasteiger partial charge in [0.2, 0.25) is 0 Å². The van der Waals surface area contributed by atoms with Gasteiger partial charge in [-0.3, -0.25) is 0 Å². The lowest BCUT2D eigenvalue weighted by molar-refractivity contribution is -0.137. The summed E-state index contributed by atoms with van der Waals surface area (Å²) in [7, 11) is 0. The van der Waals surface area contributed by atoms with Crippen LogP contribution < -0.4 is 0 Å². The molecule has 1 N–H and O–H groups in total. The third kappa shape index (κ3) is 3.95. The molecule has 2 aromatic rings. The van der Waals surface area contributed by atoms with Crippen molar-refractivity contribution in [2.45, 2.75) is 6.18 Å². The fourth-order valence-electron chi connectivity index (χ4n) is 1.83. The molecule has 0 saturated carbocycles. The van der Waals surface area contributed by atoms with Gasteiger partial charge < -0.3 is 5.11 Å². The molecule has 0 radical (unpaired) electrons. The summed E-state index contributed by atoms with van der Waals surface area (Å²) in [6.07, 6.45) is -1.96. The van der Waals surface area contributed by atoms with Gasteiger partial charge in [0.05, 0.1) is 5.56 Å². The van der Waals surface area contributed by atoms with Crippen LogP contribution in [0, 0.1) is 0 Å². The van der Waals surface area contributed by atoms with Crippen LogP contribution in [-0.4, -0.2) is 11.1 Å². The van der Waals surface area contributed by atoms with Crippen LogP contribution in [-0.2, 0) is 11.0 Å². The predicted octanol–water partition coefficient (Wildman–Crippen LogP) is 4.47. The second kappa shape index (κ2) is 5.83. The maximum atomic E-state index is 12.7. The topological polar surface area (TPSA) is 37.3 Å². The van der Waals surface area contributed by atoms with Crippen molar-refractivity contribution < 1.29 is 23.1 Å². The quantitative estimate of drug-likeness (QED) is 0.847. The molecule has 2 rings (SSSR count). The predicted molar refractivity (Wildman–Crippen MR) is 73.5 cm³/mol. The Hall–Kier alpha value is -2.56. The van der Waals surface area contributed by atoms with Crippen molar-refractivity contribution in [2.75, 3.05) is 0 Å². The number of carboxylic acids is 1. The standard InChI is InChI=1S/C16H11F3O2/c17-16(18,19)14-3-1-2-13(10-14)12-7-4-11(5-8-12)6-9-15(20)21/h1-10H,(H,20,21)/b9-6+. The van der Waals surface area contributed by atoms with E-state index in [0.717, 1.165) is 18.2 Å². The molecule has 0 amide bonds. The van der Waals surface area contributed by atoms with E-state index < -0.39 is 17.7 Å². The molecule has 2 aromatic carbocycles. The number of rotatable bonds is 3. The summed E-state index contributed by atoms with van der Waals surface area (Å²) in [5, 5.41) is 8.52. The zero-order chi connectivity index (χ0) is 15.5. The molecule has 0 unspecified atom stereocenters. The van der Waals surface area contributed by atoms with Gasteiger partial charge in [-0.2, -0.15) is 13.2 Å². The lowest BCUT2D eigenvalue weighted by Gasteiger charge is -2.09. The van der Waals surface area contributed by atoms with E-state index in [1.54, 1.807) is 30.3 Å². The molecular formula is C16H11F3O2. The van der Waals surface area contributed by atoms with Crippen molar-refractivity contribution in [3.8, 4) is 11.1 Å². The summed E-state index contributed by atoms with van der Waals surface area (Å²) in [6, 6.07) is 11.7. The Bertz CT molecular complexity index is 671. The SMILES string of the molecule is O=C(O)/C=C/c1ccc(-c2cccc(C(F)(F)F)c2)cc1. The Morgan fingerprint density at radius 1 is 1.00 bits per heavy atom. The van der Waals surface area contributed by atoms with Gasteiger partial charge in [-0.25, -0.2) is 4.79 Å². The van der Waals surface area contributed by atoms with Crippen LogP contribution in [0.4, 0.5) is 13.2 Å². The summed E-state index contributed by atoms with van der Waals surface area (Å²) >= 11 is 0. The lowest BCUT2D eigenvalue weighted by Crippen LogP contribution is -2.04. The molecule has 5 heteroatoms. The maximum Gasteiger partial charge on any atom is 0.416 e. The van der Waals surface area contributed by atoms with Crippen molar-refractivity contribution in [3.63, 3.8) is 0 Å². The molecule has 0 spiro atoms. The highest BCUT2D eigenvalue weighted by Gasteiger charge is 2.30. The fourth-order valence-corrected chi connectivity index (χ4v) is 1.83. The van der Waals surface area contributed by atoms with Gasteiger partial charge in [0, 0.05) is 6.08 Å². The van der Waals surface area contributed by atoms with Crippen LogP contribution in [0.15, 0.2) is 54.6 Å². The molecule has 0 aliphatic carbocycles. The highest BCUT2D eigenvalue weighted by Crippen LogP contribution is 2.32. The normalized spacial score (nSPS) is 11.8. The first-order chi connectivity index (χ1) is 9.86. The third-order valence-corrected chi connectivity index (χ3v) is 2.85. The largest absolute Gasteiger partial charge is 0.478 e. The van der Waals surface area contributed by atoms with E-state index in [4.69, 9.17) is 5.11 Å². The fraction of sp³-hybridized carbons (Fsp3) is 0.0625. The van der Waals surface area contributed by atoms with E-state index in [0.29, 0.717) is 16.7 Å². The van der Waals surface area contributed by atoms with E-state index in [-0.39, 0.29) is 0 Å². The first-order valence-corrected chi connectivity index (χ1v) is 6.05. The monoisotopic (exact) mass is 292 g/mol. The molecule has 0 aliphatic heterocycles. The Labute approximate surface area is 119 Å². The average molecular weight is 292 g/mol. The van der Waals surface area contributed by atoms with E-state index in [9.17, 15) is 18.0 Å². The van der Waals surface area contributed by atoms with Crippen LogP contribution in [0.3, 0.4) is 0 Å². The number of halogens is 3. The second-order valence-corrected chi connectivity index (χ2v) is 4.37. The van der Waals surface area contributed by atoms with Crippen LogP contribution >= 0.6 is 0 Å². The Kier molecular flexibility index (Phi) is 4.12. The molecule has 0 atom stereocenters. The van der Waals surface area contributed by atoms with Crippen molar-refractivity contribution in [1.29, 1.82) is 0 Å². The van der Waals surface area contributed by atoms with Crippen molar-refractivity contribution >= 4 is 12.0 Å². The molecule has 2 nitrogen and oxygen atoms in total. The number of alkyl halides is 3. The number of benzene rings is 2. The Morgan fingerprint density at radius 3 is 2.24 bits per heavy atom. The minimum Gasteiger partial charge on any atom is -0.478 e. The zero-order valence-electron chi connectivity index (χ0n) is 10.8. The molecule has 0 aliphatic rings. The van der Waals surface area contributed by atoms with Gasteiger partial charge in [0.25, 0.3) is 0 Å². The van der Waals surface area contributed by atoms with Crippen LogP contribution in [0.25, 0.3) is 17.2 Å². The Morgan fingerprint density at radius 2 is 1.67 bits per heavy atom. The van der Waals surface area contributed by atoms with E-state index >= 15 is 0 Å². The minimum atomic E-state index is -4.37. The van der Waals surface area contributed by atoms with Gasteiger partial charge in [0.1, 0.15) is 0 Å². The first kappa shape index (κ1) is 14.8. The molecule has 0 heterocycles. The smallest absolute Gasteiger partial charge is 0.416 e. The zero-order valence-corrected chi connectivity index (χ0v) is 10.8. The minimum absolute atomic E-state index is 0.457. The van der Waals surface area contributed by atoms with Gasteiger partial charge in [-0.05, 0) is 34.9 Å². The van der Waals surface area contributed by atoms with Crippen LogP contribution in [0.5, 0.6) is 0 Å². The molecule has 0 aromatic heterocycles. The van der Waals surface area contributed by atoms with E-state index in [1.807, 2.05) is 0 Å². The second-order valence-electron chi connectivity index (χ2n) is 4.37. The lowest BCUT2D eigenvalue weighted by atomic mass is 10.0. The molecular weight excluding hydrogens is 281 g/mol. The van der Waals surface area contributed by atoms with Crippen molar-refractivity contribution in [3.05, 3.63) is 65.7 Å². The van der Waals surface area contributed by atoms with Crippen LogP contribution in [0.1, 0.15) is 11.1 Å². The number of hydrogen-bond acceptors (Lipinski definition) is 1. The average Bonchev–Trinajstić information content (AvgIpc) is 2.45. The molecule has 108 valence electrons. The summed E-state index contributed by atoms with van der Waals surface area (Å²) in [5.74, 6) is -1.06. The highest BCUT2D eigenvalue weighted by molar-refractivity contribution is 5.85. The summed E-state index contributed by atoms with van der Waals surface area (Å²) < 4.78 is 38.0. The van der Waals surface area contributed by atoms with Crippen molar-refractivity contribution in [2.24, 2.45) is 0 Å². The van der Waals surface area contributed by atoms with Gasteiger partial charge in [-0.15, -0.1) is 0 Å². The Balaban J connectivity index is 2.29. The number of carbonyl (C=O) groups is 1. The molecule has 0 saturated heterocycles. The van der Waals surface area contributed by atoms with Gasteiger partial charge in [0.15, 0.2) is 0 Å². The number of aliphatic carboxylic acids is 1. The molecule has 0 fully saturated rings. The molecule has 0 bridgehead atoms. The maximum absolute atomic E-state index is 12.7. The first-order valence-electron chi connectivity index (χ1n) is 6.05. The van der Waals surface area contributed by atoms with Crippen molar-refractivity contribution in [1.82, 2.24) is 0 Å². The molecule has 21 heavy (non-hydrogen) atoms. The van der Waals surface area contributed by atoms with Gasteiger partial charge in [-0.1, -0.05) is 36.4 Å².